The second kappa shape index (κ2) is 8.10. The number of halogens is 4. The molecule has 0 bridgehead atoms. The van der Waals surface area contributed by atoms with Crippen LogP contribution in [0.15, 0.2) is 48.8 Å². The van der Waals surface area contributed by atoms with E-state index in [0.717, 1.165) is 23.2 Å². The Balaban J connectivity index is 1.41. The van der Waals surface area contributed by atoms with Crippen LogP contribution in [0.2, 0.25) is 5.02 Å². The summed E-state index contributed by atoms with van der Waals surface area (Å²) in [5, 5.41) is 3.80. The zero-order valence-corrected chi connectivity index (χ0v) is 16.5. The summed E-state index contributed by atoms with van der Waals surface area (Å²) in [6.07, 6.45) is -0.905. The number of pyridine rings is 2. The van der Waals surface area contributed by atoms with Crippen molar-refractivity contribution in [3.05, 3.63) is 59.4 Å². The third-order valence-corrected chi connectivity index (χ3v) is 5.50. The minimum absolute atomic E-state index is 0.0454. The number of amides is 1. The van der Waals surface area contributed by atoms with Crippen molar-refractivity contribution < 1.29 is 18.0 Å². The van der Waals surface area contributed by atoms with Crippen molar-refractivity contribution in [3.8, 4) is 0 Å². The summed E-state index contributed by atoms with van der Waals surface area (Å²) in [5.74, 6) is 0.0162. The molecule has 3 heterocycles. The standard InChI is InChI=1S/C21H18ClF3N4O/c22-16-11-14(21(23,24)25)12-27-19(16)29-9-6-13(7-10-29)20(30)28-18-5-1-4-17-15(18)3-2-8-26-17/h1-5,8,11-13H,6-7,9-10H2,(H,28,30). The lowest BCUT2D eigenvalue weighted by molar-refractivity contribution is -0.137. The third kappa shape index (κ3) is 4.18. The van der Waals surface area contributed by atoms with Gasteiger partial charge in [0.15, 0.2) is 0 Å². The van der Waals surface area contributed by atoms with E-state index in [1.807, 2.05) is 35.2 Å². The number of rotatable bonds is 3. The van der Waals surface area contributed by atoms with Crippen LogP contribution in [0.25, 0.3) is 10.9 Å². The lowest BCUT2D eigenvalue weighted by Crippen LogP contribution is -2.38. The van der Waals surface area contributed by atoms with Crippen molar-refractivity contribution in [2.75, 3.05) is 23.3 Å². The Labute approximate surface area is 175 Å². The first-order valence-corrected chi connectivity index (χ1v) is 9.83. The molecule has 4 rings (SSSR count). The molecular weight excluding hydrogens is 417 g/mol. The first-order chi connectivity index (χ1) is 14.3. The number of aromatic nitrogens is 2. The molecule has 1 aliphatic rings. The Bertz CT molecular complexity index is 1080. The molecule has 3 aromatic rings. The van der Waals surface area contributed by atoms with E-state index in [1.165, 1.54) is 0 Å². The maximum atomic E-state index is 12.8. The molecule has 0 unspecified atom stereocenters. The molecule has 0 spiro atoms. The summed E-state index contributed by atoms with van der Waals surface area (Å²) >= 11 is 6.04. The van der Waals surface area contributed by atoms with Gasteiger partial charge in [-0.25, -0.2) is 4.98 Å². The molecule has 9 heteroatoms. The number of hydrogen-bond donors (Lipinski definition) is 1. The van der Waals surface area contributed by atoms with Gasteiger partial charge in [-0.05, 0) is 43.2 Å². The van der Waals surface area contributed by atoms with Gasteiger partial charge in [0.2, 0.25) is 5.91 Å². The van der Waals surface area contributed by atoms with Crippen LogP contribution >= 0.6 is 11.6 Å². The van der Waals surface area contributed by atoms with Crippen molar-refractivity contribution in [2.45, 2.75) is 19.0 Å². The van der Waals surface area contributed by atoms with E-state index in [4.69, 9.17) is 11.6 Å². The maximum absolute atomic E-state index is 12.8. The quantitative estimate of drug-likeness (QED) is 0.618. The number of anilines is 2. The Morgan fingerprint density at radius 3 is 2.60 bits per heavy atom. The van der Waals surface area contributed by atoms with Gasteiger partial charge in [0.05, 0.1) is 21.8 Å². The molecule has 156 valence electrons. The van der Waals surface area contributed by atoms with Gasteiger partial charge in [0, 0.05) is 36.8 Å². The molecule has 30 heavy (non-hydrogen) atoms. The lowest BCUT2D eigenvalue weighted by Gasteiger charge is -2.32. The molecule has 2 aromatic heterocycles. The van der Waals surface area contributed by atoms with Gasteiger partial charge in [-0.2, -0.15) is 13.2 Å². The van der Waals surface area contributed by atoms with E-state index in [0.29, 0.717) is 37.4 Å². The van der Waals surface area contributed by atoms with E-state index in [9.17, 15) is 18.0 Å². The fraction of sp³-hybridized carbons (Fsp3) is 0.286. The fourth-order valence-corrected chi connectivity index (χ4v) is 3.90. The van der Waals surface area contributed by atoms with Crippen LogP contribution in [-0.2, 0) is 11.0 Å². The average molecular weight is 435 g/mol. The highest BCUT2D eigenvalue weighted by Crippen LogP contribution is 2.35. The highest BCUT2D eigenvalue weighted by atomic mass is 35.5. The first kappa shape index (κ1) is 20.4. The van der Waals surface area contributed by atoms with Crippen LogP contribution in [-0.4, -0.2) is 29.0 Å². The number of hydrogen-bond acceptors (Lipinski definition) is 4. The van der Waals surface area contributed by atoms with E-state index < -0.39 is 11.7 Å². The first-order valence-electron chi connectivity index (χ1n) is 9.45. The predicted molar refractivity (Wildman–Crippen MR) is 110 cm³/mol. The van der Waals surface area contributed by atoms with Gasteiger partial charge < -0.3 is 10.2 Å². The van der Waals surface area contributed by atoms with E-state index >= 15 is 0 Å². The summed E-state index contributed by atoms with van der Waals surface area (Å²) in [6.45, 7) is 0.959. The Kier molecular flexibility index (Phi) is 5.51. The zero-order valence-electron chi connectivity index (χ0n) is 15.8. The van der Waals surface area contributed by atoms with E-state index in [-0.39, 0.29) is 16.8 Å². The molecule has 0 aliphatic carbocycles. The van der Waals surface area contributed by atoms with Gasteiger partial charge in [-0.1, -0.05) is 17.7 Å². The molecule has 5 nitrogen and oxygen atoms in total. The third-order valence-electron chi connectivity index (χ3n) is 5.22. The number of nitrogens with zero attached hydrogens (tertiary/aromatic N) is 3. The fourth-order valence-electron chi connectivity index (χ4n) is 3.62. The minimum atomic E-state index is -4.49. The van der Waals surface area contributed by atoms with Crippen LogP contribution in [0.3, 0.4) is 0 Å². The smallest absolute Gasteiger partial charge is 0.355 e. The maximum Gasteiger partial charge on any atom is 0.417 e. The molecular formula is C21H18ClF3N4O. The Hall–Kier alpha value is -2.87. The van der Waals surface area contributed by atoms with Crippen molar-refractivity contribution >= 4 is 39.9 Å². The van der Waals surface area contributed by atoms with Crippen LogP contribution in [0.4, 0.5) is 24.7 Å². The van der Waals surface area contributed by atoms with Crippen LogP contribution in [0, 0.1) is 5.92 Å². The Morgan fingerprint density at radius 2 is 1.90 bits per heavy atom. The van der Waals surface area contributed by atoms with Crippen molar-refractivity contribution in [1.82, 2.24) is 9.97 Å². The van der Waals surface area contributed by atoms with Crippen LogP contribution in [0.5, 0.6) is 0 Å². The molecule has 1 aliphatic heterocycles. The predicted octanol–water partition coefficient (Wildman–Crippen LogP) is 5.16. The molecule has 1 N–H and O–H groups in total. The SMILES string of the molecule is O=C(Nc1cccc2ncccc12)C1CCN(c2ncc(C(F)(F)F)cc2Cl)CC1. The van der Waals surface area contributed by atoms with E-state index in [1.54, 1.807) is 6.20 Å². The van der Waals surface area contributed by atoms with Crippen molar-refractivity contribution in [2.24, 2.45) is 5.92 Å². The number of benzene rings is 1. The topological polar surface area (TPSA) is 58.1 Å². The number of piperidine rings is 1. The van der Waals surface area contributed by atoms with Crippen LogP contribution < -0.4 is 10.2 Å². The second-order valence-corrected chi connectivity index (χ2v) is 7.56. The largest absolute Gasteiger partial charge is 0.417 e. The number of alkyl halides is 3. The number of nitrogens with one attached hydrogen (secondary N) is 1. The summed E-state index contributed by atoms with van der Waals surface area (Å²) in [5.41, 5.74) is 0.628. The normalized spacial score (nSPS) is 15.4. The van der Waals surface area contributed by atoms with Gasteiger partial charge in [0.25, 0.3) is 0 Å². The summed E-state index contributed by atoms with van der Waals surface area (Å²) < 4.78 is 38.4. The number of carbonyl (C=O) groups is 1. The highest BCUT2D eigenvalue weighted by molar-refractivity contribution is 6.33. The summed E-state index contributed by atoms with van der Waals surface area (Å²) in [6, 6.07) is 10.2. The summed E-state index contributed by atoms with van der Waals surface area (Å²) in [7, 11) is 0. The average Bonchev–Trinajstić information content (AvgIpc) is 2.73. The minimum Gasteiger partial charge on any atom is -0.355 e. The molecule has 1 aromatic carbocycles. The number of fused-ring (bicyclic) bond motifs is 1. The zero-order chi connectivity index (χ0) is 21.3. The molecule has 0 radical (unpaired) electrons. The van der Waals surface area contributed by atoms with Gasteiger partial charge in [-0.15, -0.1) is 0 Å². The van der Waals surface area contributed by atoms with Crippen LogP contribution in [0.1, 0.15) is 18.4 Å². The second-order valence-electron chi connectivity index (χ2n) is 7.15. The van der Waals surface area contributed by atoms with Crippen molar-refractivity contribution in [3.63, 3.8) is 0 Å². The monoisotopic (exact) mass is 434 g/mol. The lowest BCUT2D eigenvalue weighted by atomic mass is 9.95. The van der Waals surface area contributed by atoms with Gasteiger partial charge >= 0.3 is 6.18 Å². The van der Waals surface area contributed by atoms with E-state index in [2.05, 4.69) is 15.3 Å². The van der Waals surface area contributed by atoms with Gasteiger partial charge in [0.1, 0.15) is 5.82 Å². The molecule has 1 fully saturated rings. The highest BCUT2D eigenvalue weighted by Gasteiger charge is 2.33. The van der Waals surface area contributed by atoms with Gasteiger partial charge in [-0.3, -0.25) is 9.78 Å². The van der Waals surface area contributed by atoms with Crippen molar-refractivity contribution in [1.29, 1.82) is 0 Å². The Morgan fingerprint density at radius 1 is 1.13 bits per heavy atom. The molecule has 0 atom stereocenters. The molecule has 1 saturated heterocycles. The number of carbonyl (C=O) groups excluding carboxylic acids is 1. The molecule has 1 amide bonds. The summed E-state index contributed by atoms with van der Waals surface area (Å²) in [4.78, 5) is 22.8. The molecule has 0 saturated carbocycles.